The molecule has 0 aliphatic carbocycles. The molecule has 2 unspecified atom stereocenters. The number of nitrogens with zero attached hydrogens (tertiary/aromatic N) is 1. The molecular weight excluding hydrogens is 304 g/mol. The Morgan fingerprint density at radius 2 is 2.14 bits per heavy atom. The summed E-state index contributed by atoms with van der Waals surface area (Å²) < 4.78 is 31.9. The zero-order valence-corrected chi connectivity index (χ0v) is 12.5. The minimum atomic E-state index is -4.09. The summed E-state index contributed by atoms with van der Waals surface area (Å²) in [6.45, 7) is 1.14. The van der Waals surface area contributed by atoms with Crippen molar-refractivity contribution in [2.45, 2.75) is 25.8 Å². The lowest BCUT2D eigenvalue weighted by Gasteiger charge is -2.31. The SMILES string of the molecule is CCOC(=O)C1CCCN(S(=O)(=O)NC(CO)C(=O)O)C1. The van der Waals surface area contributed by atoms with Crippen LogP contribution in [0.4, 0.5) is 0 Å². The minimum Gasteiger partial charge on any atom is -0.480 e. The number of aliphatic carboxylic acids is 1. The van der Waals surface area contributed by atoms with Crippen molar-refractivity contribution in [1.82, 2.24) is 9.03 Å². The van der Waals surface area contributed by atoms with Gasteiger partial charge in [-0.3, -0.25) is 9.59 Å². The fraction of sp³-hybridized carbons (Fsp3) is 0.818. The summed E-state index contributed by atoms with van der Waals surface area (Å²) in [5.74, 6) is -2.50. The maximum atomic E-state index is 12.1. The molecule has 1 aliphatic rings. The topological polar surface area (TPSA) is 133 Å². The summed E-state index contributed by atoms with van der Waals surface area (Å²) >= 11 is 0. The Morgan fingerprint density at radius 1 is 1.48 bits per heavy atom. The molecule has 0 aromatic heterocycles. The van der Waals surface area contributed by atoms with Crippen molar-refractivity contribution in [3.05, 3.63) is 0 Å². The zero-order valence-electron chi connectivity index (χ0n) is 11.7. The first kappa shape index (κ1) is 17.8. The Hall–Kier alpha value is -1.23. The molecule has 0 amide bonds. The first-order valence-electron chi connectivity index (χ1n) is 6.59. The fourth-order valence-corrected chi connectivity index (χ4v) is 3.46. The van der Waals surface area contributed by atoms with Gasteiger partial charge in [0.15, 0.2) is 0 Å². The number of ether oxygens (including phenoxy) is 1. The lowest BCUT2D eigenvalue weighted by atomic mass is 10.0. The van der Waals surface area contributed by atoms with Gasteiger partial charge < -0.3 is 14.9 Å². The van der Waals surface area contributed by atoms with E-state index in [1.807, 2.05) is 4.72 Å². The van der Waals surface area contributed by atoms with Crippen LogP contribution >= 0.6 is 0 Å². The largest absolute Gasteiger partial charge is 0.480 e. The molecule has 1 heterocycles. The van der Waals surface area contributed by atoms with Gasteiger partial charge in [-0.2, -0.15) is 17.4 Å². The number of aliphatic hydroxyl groups is 1. The van der Waals surface area contributed by atoms with Crippen molar-refractivity contribution in [3.8, 4) is 0 Å². The molecule has 2 atom stereocenters. The number of carboxylic acids is 1. The number of aliphatic hydroxyl groups excluding tert-OH is 1. The molecule has 1 rings (SSSR count). The quantitative estimate of drug-likeness (QED) is 0.487. The Morgan fingerprint density at radius 3 is 2.67 bits per heavy atom. The van der Waals surface area contributed by atoms with E-state index in [0.29, 0.717) is 12.8 Å². The van der Waals surface area contributed by atoms with E-state index in [-0.39, 0.29) is 19.7 Å². The molecule has 1 saturated heterocycles. The molecule has 3 N–H and O–H groups in total. The summed E-state index contributed by atoms with van der Waals surface area (Å²) in [5, 5.41) is 17.6. The van der Waals surface area contributed by atoms with E-state index in [1.54, 1.807) is 6.92 Å². The first-order chi connectivity index (χ1) is 9.81. The second kappa shape index (κ2) is 7.69. The maximum absolute atomic E-state index is 12.1. The Labute approximate surface area is 123 Å². The molecule has 9 nitrogen and oxygen atoms in total. The second-order valence-corrected chi connectivity index (χ2v) is 6.35. The Balaban J connectivity index is 2.74. The summed E-state index contributed by atoms with van der Waals surface area (Å²) in [4.78, 5) is 22.4. The predicted molar refractivity (Wildman–Crippen MR) is 71.5 cm³/mol. The van der Waals surface area contributed by atoms with Crippen LogP contribution in [-0.2, 0) is 24.5 Å². The molecule has 0 bridgehead atoms. The van der Waals surface area contributed by atoms with E-state index in [1.165, 1.54) is 0 Å². The fourth-order valence-electron chi connectivity index (χ4n) is 2.03. The van der Waals surface area contributed by atoms with Crippen LogP contribution in [0.3, 0.4) is 0 Å². The van der Waals surface area contributed by atoms with Crippen molar-refractivity contribution >= 4 is 22.1 Å². The van der Waals surface area contributed by atoms with Crippen LogP contribution < -0.4 is 4.72 Å². The van der Waals surface area contributed by atoms with Crippen LogP contribution in [0.15, 0.2) is 0 Å². The van der Waals surface area contributed by atoms with Crippen molar-refractivity contribution in [1.29, 1.82) is 0 Å². The summed E-state index contributed by atoms with van der Waals surface area (Å²) in [5.41, 5.74) is 0. The molecule has 21 heavy (non-hydrogen) atoms. The molecular formula is C11H20N2O7S. The highest BCUT2D eigenvalue weighted by Gasteiger charge is 2.35. The van der Waals surface area contributed by atoms with Gasteiger partial charge in [0.25, 0.3) is 10.2 Å². The van der Waals surface area contributed by atoms with E-state index in [2.05, 4.69) is 0 Å². The number of hydrogen-bond donors (Lipinski definition) is 3. The number of esters is 1. The van der Waals surface area contributed by atoms with Crippen molar-refractivity contribution in [2.75, 3.05) is 26.3 Å². The van der Waals surface area contributed by atoms with Crippen molar-refractivity contribution in [3.63, 3.8) is 0 Å². The third-order valence-electron chi connectivity index (χ3n) is 3.12. The highest BCUT2D eigenvalue weighted by molar-refractivity contribution is 7.87. The van der Waals surface area contributed by atoms with Crippen molar-refractivity contribution in [2.24, 2.45) is 5.92 Å². The summed E-state index contributed by atoms with van der Waals surface area (Å²) in [6, 6.07) is -1.61. The van der Waals surface area contributed by atoms with Gasteiger partial charge in [0.05, 0.1) is 19.1 Å². The average Bonchev–Trinajstić information content (AvgIpc) is 2.45. The third kappa shape index (κ3) is 4.92. The van der Waals surface area contributed by atoms with Crippen molar-refractivity contribution < 1.29 is 33.0 Å². The van der Waals surface area contributed by atoms with Crippen LogP contribution in [0.25, 0.3) is 0 Å². The predicted octanol–water partition coefficient (Wildman–Crippen LogP) is -1.46. The van der Waals surface area contributed by atoms with Crippen LogP contribution in [0.5, 0.6) is 0 Å². The molecule has 0 spiro atoms. The van der Waals surface area contributed by atoms with E-state index >= 15 is 0 Å². The third-order valence-corrected chi connectivity index (χ3v) is 4.71. The number of carbonyl (C=O) groups is 2. The Kier molecular flexibility index (Phi) is 6.52. The first-order valence-corrected chi connectivity index (χ1v) is 8.03. The van der Waals surface area contributed by atoms with Crippen LogP contribution in [0.2, 0.25) is 0 Å². The highest BCUT2D eigenvalue weighted by atomic mass is 32.2. The molecule has 1 aliphatic heterocycles. The lowest BCUT2D eigenvalue weighted by molar-refractivity contribution is -0.149. The average molecular weight is 324 g/mol. The van der Waals surface area contributed by atoms with Crippen LogP contribution in [-0.4, -0.2) is 67.2 Å². The van der Waals surface area contributed by atoms with Crippen LogP contribution in [0.1, 0.15) is 19.8 Å². The van der Waals surface area contributed by atoms with Gasteiger partial charge >= 0.3 is 11.9 Å². The standard InChI is InChI=1S/C11H20N2O7S/c1-2-20-11(17)8-4-3-5-13(6-8)21(18,19)12-9(7-14)10(15)16/h8-9,12,14H,2-7H2,1H3,(H,15,16). The van der Waals surface area contributed by atoms with E-state index < -0.39 is 40.7 Å². The molecule has 0 aromatic rings. The minimum absolute atomic E-state index is 0.0636. The van der Waals surface area contributed by atoms with E-state index in [0.717, 1.165) is 4.31 Å². The molecule has 10 heteroatoms. The van der Waals surface area contributed by atoms with Gasteiger partial charge in [0.1, 0.15) is 6.04 Å². The molecule has 0 saturated carbocycles. The summed E-state index contributed by atoms with van der Waals surface area (Å²) in [7, 11) is -4.09. The van der Waals surface area contributed by atoms with E-state index in [4.69, 9.17) is 14.9 Å². The number of nitrogens with one attached hydrogen (secondary N) is 1. The molecule has 1 fully saturated rings. The van der Waals surface area contributed by atoms with E-state index in [9.17, 15) is 18.0 Å². The number of piperidine rings is 1. The van der Waals surface area contributed by atoms with Gasteiger partial charge in [-0.05, 0) is 19.8 Å². The van der Waals surface area contributed by atoms with Gasteiger partial charge in [0, 0.05) is 13.1 Å². The highest BCUT2D eigenvalue weighted by Crippen LogP contribution is 2.20. The molecule has 0 radical (unpaired) electrons. The lowest BCUT2D eigenvalue weighted by Crippen LogP contribution is -2.53. The normalized spacial score (nSPS) is 21.7. The van der Waals surface area contributed by atoms with Crippen LogP contribution in [0, 0.1) is 5.92 Å². The maximum Gasteiger partial charge on any atom is 0.324 e. The molecule has 0 aromatic carbocycles. The molecule has 122 valence electrons. The monoisotopic (exact) mass is 324 g/mol. The van der Waals surface area contributed by atoms with Gasteiger partial charge in [-0.15, -0.1) is 0 Å². The van der Waals surface area contributed by atoms with Gasteiger partial charge in [0.2, 0.25) is 0 Å². The number of carbonyl (C=O) groups excluding carboxylic acids is 1. The zero-order chi connectivity index (χ0) is 16.0. The number of hydrogen-bond acceptors (Lipinski definition) is 6. The number of rotatable bonds is 7. The summed E-state index contributed by atoms with van der Waals surface area (Å²) in [6.07, 6.45) is 0.995. The smallest absolute Gasteiger partial charge is 0.324 e. The second-order valence-electron chi connectivity index (χ2n) is 4.65. The number of carboxylic acid groups (broad SMARTS) is 1. The van der Waals surface area contributed by atoms with Gasteiger partial charge in [-0.1, -0.05) is 0 Å². The van der Waals surface area contributed by atoms with Gasteiger partial charge in [-0.25, -0.2) is 0 Å². The Bertz CT molecular complexity index is 479.